The molecular formula is C43H42N4OPt. The summed E-state index contributed by atoms with van der Waals surface area (Å²) >= 11 is 0. The number of aryl methyl sites for hydroxylation is 3. The van der Waals surface area contributed by atoms with E-state index < -0.39 is 0 Å². The van der Waals surface area contributed by atoms with Crippen LogP contribution >= 0.6 is 0 Å². The predicted octanol–water partition coefficient (Wildman–Crippen LogP) is 11.1. The second-order valence-corrected chi connectivity index (χ2v) is 14.2. The Kier molecular flexibility index (Phi) is 9.19. The number of nitrogens with zero attached hydrogens (tertiary/aromatic N) is 4. The van der Waals surface area contributed by atoms with Crippen LogP contribution in [0.5, 0.6) is 11.5 Å². The second kappa shape index (κ2) is 13.1. The Morgan fingerprint density at radius 2 is 1.49 bits per heavy atom. The molecule has 0 bridgehead atoms. The van der Waals surface area contributed by atoms with Gasteiger partial charge in [0.15, 0.2) is 0 Å². The Morgan fingerprint density at radius 3 is 2.20 bits per heavy atom. The monoisotopic (exact) mass is 825 g/mol. The van der Waals surface area contributed by atoms with Crippen LogP contribution in [-0.4, -0.2) is 19.3 Å². The molecule has 0 N–H and O–H groups in total. The SMILES string of the molecule is Cc1cccc(C)c1-c1c(C)nn(-c2[c-]c(Oc3[c-]c4c(cc3)c3ccccc3n4-c3cc(C(C)C)ccn3)cc(C(C)(C)C)c2)c1C.[Pt+2]. The Balaban J connectivity index is 0.00000417. The van der Waals surface area contributed by atoms with Crippen molar-refractivity contribution in [2.75, 3.05) is 0 Å². The molecule has 0 fully saturated rings. The summed E-state index contributed by atoms with van der Waals surface area (Å²) in [5.41, 5.74) is 12.1. The quantitative estimate of drug-likeness (QED) is 0.157. The molecule has 0 amide bonds. The number of pyridine rings is 1. The van der Waals surface area contributed by atoms with Crippen LogP contribution in [0.3, 0.4) is 0 Å². The first-order valence-electron chi connectivity index (χ1n) is 16.7. The number of benzene rings is 4. The van der Waals surface area contributed by atoms with Gasteiger partial charge in [0, 0.05) is 34.5 Å². The van der Waals surface area contributed by atoms with Crippen molar-refractivity contribution in [3.05, 3.63) is 131 Å². The molecule has 250 valence electrons. The van der Waals surface area contributed by atoms with E-state index in [9.17, 15) is 0 Å². The van der Waals surface area contributed by atoms with Gasteiger partial charge < -0.3 is 9.30 Å². The second-order valence-electron chi connectivity index (χ2n) is 14.2. The van der Waals surface area contributed by atoms with Gasteiger partial charge in [0.1, 0.15) is 5.82 Å². The topological polar surface area (TPSA) is 44.9 Å². The van der Waals surface area contributed by atoms with Crippen molar-refractivity contribution >= 4 is 21.8 Å². The summed E-state index contributed by atoms with van der Waals surface area (Å²) in [4.78, 5) is 4.80. The summed E-state index contributed by atoms with van der Waals surface area (Å²) in [6, 6.07) is 34.7. The first-order chi connectivity index (χ1) is 22.9. The van der Waals surface area contributed by atoms with Crippen molar-refractivity contribution < 1.29 is 25.8 Å². The molecular weight excluding hydrogens is 784 g/mol. The van der Waals surface area contributed by atoms with Crippen LogP contribution < -0.4 is 4.74 Å². The molecule has 0 aliphatic carbocycles. The zero-order valence-corrected chi connectivity index (χ0v) is 31.9. The fourth-order valence-electron chi connectivity index (χ4n) is 6.78. The van der Waals surface area contributed by atoms with Crippen molar-refractivity contribution in [3.63, 3.8) is 0 Å². The van der Waals surface area contributed by atoms with Crippen LogP contribution in [0.25, 0.3) is 44.4 Å². The minimum absolute atomic E-state index is 0. The zero-order chi connectivity index (χ0) is 33.9. The molecule has 0 unspecified atom stereocenters. The maximum atomic E-state index is 6.65. The number of hydrogen-bond donors (Lipinski definition) is 0. The van der Waals surface area contributed by atoms with Gasteiger partial charge in [-0.1, -0.05) is 76.5 Å². The molecule has 6 heteroatoms. The molecule has 0 saturated heterocycles. The average Bonchev–Trinajstić information content (AvgIpc) is 3.53. The molecule has 49 heavy (non-hydrogen) atoms. The van der Waals surface area contributed by atoms with Gasteiger partial charge in [0.25, 0.3) is 0 Å². The van der Waals surface area contributed by atoms with E-state index in [0.29, 0.717) is 17.4 Å². The van der Waals surface area contributed by atoms with Gasteiger partial charge in [-0.2, -0.15) is 11.2 Å². The van der Waals surface area contributed by atoms with E-state index in [-0.39, 0.29) is 26.5 Å². The molecule has 0 atom stereocenters. The van der Waals surface area contributed by atoms with Crippen molar-refractivity contribution in [2.24, 2.45) is 0 Å². The van der Waals surface area contributed by atoms with Gasteiger partial charge in [-0.3, -0.25) is 4.68 Å². The van der Waals surface area contributed by atoms with Crippen molar-refractivity contribution in [1.29, 1.82) is 0 Å². The summed E-state index contributed by atoms with van der Waals surface area (Å²) in [6.45, 7) is 19.6. The largest absolute Gasteiger partial charge is 2.00 e. The van der Waals surface area contributed by atoms with Gasteiger partial charge in [-0.15, -0.1) is 41.3 Å². The third kappa shape index (κ3) is 6.26. The minimum atomic E-state index is -0.124. The number of rotatable bonds is 6. The van der Waals surface area contributed by atoms with Gasteiger partial charge in [0.05, 0.1) is 5.69 Å². The molecule has 4 aromatic carbocycles. The number of ether oxygens (including phenoxy) is 1. The van der Waals surface area contributed by atoms with Crippen molar-refractivity contribution in [1.82, 2.24) is 19.3 Å². The van der Waals surface area contributed by atoms with Crippen LogP contribution in [0.4, 0.5) is 0 Å². The minimum Gasteiger partial charge on any atom is -0.509 e. The molecule has 0 radical (unpaired) electrons. The first-order valence-corrected chi connectivity index (χ1v) is 16.7. The molecule has 7 rings (SSSR count). The summed E-state index contributed by atoms with van der Waals surface area (Å²) in [5.74, 6) is 2.50. The summed E-state index contributed by atoms with van der Waals surface area (Å²) in [6.07, 6.45) is 1.89. The molecule has 3 heterocycles. The van der Waals surface area contributed by atoms with E-state index in [4.69, 9.17) is 14.8 Å². The molecule has 0 spiro atoms. The van der Waals surface area contributed by atoms with Gasteiger partial charge >= 0.3 is 21.1 Å². The Labute approximate surface area is 304 Å². The first kappa shape index (κ1) is 34.4. The van der Waals surface area contributed by atoms with Crippen molar-refractivity contribution in [3.8, 4) is 34.1 Å². The fourth-order valence-corrected chi connectivity index (χ4v) is 6.78. The van der Waals surface area contributed by atoms with Gasteiger partial charge in [-0.05, 0) is 90.6 Å². The maximum Gasteiger partial charge on any atom is 2.00 e. The zero-order valence-electron chi connectivity index (χ0n) is 29.7. The molecule has 0 aliphatic rings. The van der Waals surface area contributed by atoms with Gasteiger partial charge in [0.2, 0.25) is 0 Å². The molecule has 5 nitrogen and oxygen atoms in total. The molecule has 7 aromatic rings. The Hall–Kier alpha value is -4.47. The molecule has 0 saturated carbocycles. The van der Waals surface area contributed by atoms with E-state index >= 15 is 0 Å². The van der Waals surface area contributed by atoms with E-state index in [1.165, 1.54) is 27.8 Å². The maximum absolute atomic E-state index is 6.65. The predicted molar refractivity (Wildman–Crippen MR) is 197 cm³/mol. The smallest absolute Gasteiger partial charge is 0.509 e. The Bertz CT molecular complexity index is 2320. The third-order valence-corrected chi connectivity index (χ3v) is 9.39. The standard InChI is InChI=1S/C43H42N4O.Pt/c1-26(2)31-19-20-44-40(21-31)46-38-16-11-10-15-36(38)37-18-17-34(25-39(37)46)48-35-23-32(43(7,8)9)22-33(24-35)47-30(6)42(29(5)45-47)41-27(3)13-12-14-28(41)4;/h10-23,26H,1-9H3;/q-2;+2. The van der Waals surface area contributed by atoms with E-state index in [0.717, 1.165) is 50.3 Å². The van der Waals surface area contributed by atoms with Crippen LogP contribution in [0, 0.1) is 39.8 Å². The van der Waals surface area contributed by atoms with Crippen LogP contribution in [0.15, 0.2) is 85.1 Å². The van der Waals surface area contributed by atoms with Crippen LogP contribution in [-0.2, 0) is 26.5 Å². The van der Waals surface area contributed by atoms with E-state index in [1.807, 2.05) is 16.9 Å². The van der Waals surface area contributed by atoms with Crippen molar-refractivity contribution in [2.45, 2.75) is 73.6 Å². The van der Waals surface area contributed by atoms with E-state index in [2.05, 4.69) is 152 Å². The number of hydrogen-bond acceptors (Lipinski definition) is 3. The summed E-state index contributed by atoms with van der Waals surface area (Å²) in [7, 11) is 0. The number of fused-ring (bicyclic) bond motifs is 3. The van der Waals surface area contributed by atoms with Crippen LogP contribution in [0.2, 0.25) is 0 Å². The fraction of sp³-hybridized carbons (Fsp3) is 0.256. The van der Waals surface area contributed by atoms with E-state index in [1.54, 1.807) is 0 Å². The molecule has 0 aliphatic heterocycles. The Morgan fingerprint density at radius 1 is 0.755 bits per heavy atom. The summed E-state index contributed by atoms with van der Waals surface area (Å²) in [5, 5.41) is 7.31. The number of para-hydroxylation sites is 1. The molecule has 3 aromatic heterocycles. The average molecular weight is 826 g/mol. The number of aromatic nitrogens is 4. The third-order valence-electron chi connectivity index (χ3n) is 9.39. The normalized spacial score (nSPS) is 11.8. The summed E-state index contributed by atoms with van der Waals surface area (Å²) < 4.78 is 10.8. The van der Waals surface area contributed by atoms with Gasteiger partial charge in [-0.25, -0.2) is 4.98 Å². The van der Waals surface area contributed by atoms with Crippen LogP contribution in [0.1, 0.15) is 74.2 Å².